The highest BCUT2D eigenvalue weighted by molar-refractivity contribution is 5.85. The molecule has 17 heavy (non-hydrogen) atoms. The topological polar surface area (TPSA) is 71.2 Å². The van der Waals surface area contributed by atoms with Crippen molar-refractivity contribution in [3.63, 3.8) is 0 Å². The highest BCUT2D eigenvalue weighted by atomic mass is 35.5. The Labute approximate surface area is 108 Å². The van der Waals surface area contributed by atoms with Crippen LogP contribution in [0, 0.1) is 0 Å². The van der Waals surface area contributed by atoms with Crippen molar-refractivity contribution < 1.29 is 4.79 Å². The van der Waals surface area contributed by atoms with E-state index in [1.54, 1.807) is 13.1 Å². The van der Waals surface area contributed by atoms with E-state index in [4.69, 9.17) is 5.73 Å². The van der Waals surface area contributed by atoms with Gasteiger partial charge in [0, 0.05) is 32.4 Å². The summed E-state index contributed by atoms with van der Waals surface area (Å²) in [5, 5.41) is 2.76. The average Bonchev–Trinajstić information content (AvgIpc) is 2.25. The fraction of sp³-hybridized carbons (Fsp3) is 0.455. The van der Waals surface area contributed by atoms with Crippen molar-refractivity contribution in [2.24, 2.45) is 5.73 Å². The van der Waals surface area contributed by atoms with Gasteiger partial charge in [-0.05, 0) is 13.0 Å². The third-order valence-corrected chi connectivity index (χ3v) is 2.16. The number of anilines is 1. The second-order valence-corrected chi connectivity index (χ2v) is 3.89. The Bertz CT molecular complexity index is 368. The lowest BCUT2D eigenvalue weighted by atomic mass is 10.2. The SMILES string of the molecule is CC(N)C(=O)NCc1cccnc1N(C)C.Cl. The van der Waals surface area contributed by atoms with Crippen molar-refractivity contribution in [1.29, 1.82) is 0 Å². The van der Waals surface area contributed by atoms with E-state index in [0.29, 0.717) is 6.54 Å². The number of carbonyl (C=O) groups is 1. The van der Waals surface area contributed by atoms with Crippen molar-refractivity contribution in [3.05, 3.63) is 23.9 Å². The molecule has 1 rings (SSSR count). The molecule has 0 bridgehead atoms. The Morgan fingerprint density at radius 1 is 1.59 bits per heavy atom. The van der Waals surface area contributed by atoms with Crippen LogP contribution in [0.4, 0.5) is 5.82 Å². The average molecular weight is 259 g/mol. The number of amides is 1. The molecule has 1 aromatic rings. The van der Waals surface area contributed by atoms with Gasteiger partial charge in [-0.1, -0.05) is 6.07 Å². The molecule has 0 saturated carbocycles. The summed E-state index contributed by atoms with van der Waals surface area (Å²) in [7, 11) is 3.83. The lowest BCUT2D eigenvalue weighted by Crippen LogP contribution is -2.38. The van der Waals surface area contributed by atoms with Crippen LogP contribution < -0.4 is 16.0 Å². The Hall–Kier alpha value is -1.33. The molecular formula is C11H19ClN4O. The number of hydrogen-bond donors (Lipinski definition) is 2. The first-order valence-electron chi connectivity index (χ1n) is 5.17. The molecule has 5 nitrogen and oxygen atoms in total. The lowest BCUT2D eigenvalue weighted by molar-refractivity contribution is -0.122. The van der Waals surface area contributed by atoms with Gasteiger partial charge in [-0.15, -0.1) is 12.4 Å². The third kappa shape index (κ3) is 4.58. The zero-order chi connectivity index (χ0) is 12.1. The van der Waals surface area contributed by atoms with Gasteiger partial charge in [-0.25, -0.2) is 4.98 Å². The summed E-state index contributed by atoms with van der Waals surface area (Å²) in [6, 6.07) is 3.30. The Morgan fingerprint density at radius 2 is 2.24 bits per heavy atom. The normalized spacial score (nSPS) is 11.3. The minimum atomic E-state index is -0.487. The number of hydrogen-bond acceptors (Lipinski definition) is 4. The van der Waals surface area contributed by atoms with Crippen LogP contribution in [0.3, 0.4) is 0 Å². The minimum Gasteiger partial charge on any atom is -0.362 e. The number of aromatic nitrogens is 1. The first kappa shape index (κ1) is 15.7. The van der Waals surface area contributed by atoms with E-state index in [1.165, 1.54) is 0 Å². The summed E-state index contributed by atoms with van der Waals surface area (Å²) in [4.78, 5) is 17.5. The van der Waals surface area contributed by atoms with Gasteiger partial charge < -0.3 is 16.0 Å². The van der Waals surface area contributed by atoms with E-state index < -0.39 is 6.04 Å². The molecule has 3 N–H and O–H groups in total. The fourth-order valence-electron chi connectivity index (χ4n) is 1.31. The van der Waals surface area contributed by atoms with E-state index in [-0.39, 0.29) is 18.3 Å². The van der Waals surface area contributed by atoms with Crippen LogP contribution in [0.15, 0.2) is 18.3 Å². The Balaban J connectivity index is 0.00000256. The number of pyridine rings is 1. The third-order valence-electron chi connectivity index (χ3n) is 2.16. The summed E-state index contributed by atoms with van der Waals surface area (Å²) in [5.41, 5.74) is 6.43. The predicted molar refractivity (Wildman–Crippen MR) is 71.3 cm³/mol. The summed E-state index contributed by atoms with van der Waals surface area (Å²) in [6.45, 7) is 2.10. The number of carbonyl (C=O) groups excluding carboxylic acids is 1. The molecular weight excluding hydrogens is 240 g/mol. The lowest BCUT2D eigenvalue weighted by Gasteiger charge is -2.16. The standard InChI is InChI=1S/C11H18N4O.ClH/c1-8(12)11(16)14-7-9-5-4-6-13-10(9)15(2)3;/h4-6,8H,7,12H2,1-3H3,(H,14,16);1H. The number of nitrogens with one attached hydrogen (secondary N) is 1. The molecule has 1 heterocycles. The Morgan fingerprint density at radius 3 is 2.76 bits per heavy atom. The molecule has 0 radical (unpaired) electrons. The number of nitrogens with two attached hydrogens (primary N) is 1. The summed E-state index contributed by atoms with van der Waals surface area (Å²) in [6.07, 6.45) is 1.73. The molecule has 1 unspecified atom stereocenters. The smallest absolute Gasteiger partial charge is 0.236 e. The van der Waals surface area contributed by atoms with Crippen LogP contribution in [0.25, 0.3) is 0 Å². The quantitative estimate of drug-likeness (QED) is 0.827. The molecule has 0 aliphatic carbocycles. The van der Waals surface area contributed by atoms with Gasteiger partial charge in [0.05, 0.1) is 6.04 Å². The highest BCUT2D eigenvalue weighted by Crippen LogP contribution is 2.13. The van der Waals surface area contributed by atoms with Crippen molar-refractivity contribution in [3.8, 4) is 0 Å². The van der Waals surface area contributed by atoms with Gasteiger partial charge in [-0.2, -0.15) is 0 Å². The van der Waals surface area contributed by atoms with Crippen molar-refractivity contribution in [2.45, 2.75) is 19.5 Å². The summed E-state index contributed by atoms with van der Waals surface area (Å²) < 4.78 is 0. The Kier molecular flexibility index (Phi) is 6.53. The zero-order valence-electron chi connectivity index (χ0n) is 10.3. The van der Waals surface area contributed by atoms with Crippen LogP contribution >= 0.6 is 12.4 Å². The van der Waals surface area contributed by atoms with E-state index in [0.717, 1.165) is 11.4 Å². The maximum atomic E-state index is 11.3. The first-order chi connectivity index (χ1) is 7.52. The highest BCUT2D eigenvalue weighted by Gasteiger charge is 2.09. The number of nitrogens with zero attached hydrogens (tertiary/aromatic N) is 2. The van der Waals surface area contributed by atoms with E-state index in [1.807, 2.05) is 31.1 Å². The second kappa shape index (κ2) is 7.09. The van der Waals surface area contributed by atoms with Crippen molar-refractivity contribution in [2.75, 3.05) is 19.0 Å². The maximum Gasteiger partial charge on any atom is 0.236 e. The van der Waals surface area contributed by atoms with E-state index in [2.05, 4.69) is 10.3 Å². The van der Waals surface area contributed by atoms with Gasteiger partial charge in [0.2, 0.25) is 5.91 Å². The van der Waals surface area contributed by atoms with Crippen molar-refractivity contribution >= 4 is 24.1 Å². The van der Waals surface area contributed by atoms with Gasteiger partial charge in [0.1, 0.15) is 5.82 Å². The van der Waals surface area contributed by atoms with Gasteiger partial charge >= 0.3 is 0 Å². The van der Waals surface area contributed by atoms with Gasteiger partial charge in [0.25, 0.3) is 0 Å². The van der Waals surface area contributed by atoms with E-state index >= 15 is 0 Å². The maximum absolute atomic E-state index is 11.3. The molecule has 0 aliphatic rings. The van der Waals surface area contributed by atoms with Gasteiger partial charge in [0.15, 0.2) is 0 Å². The second-order valence-electron chi connectivity index (χ2n) is 3.89. The van der Waals surface area contributed by atoms with Crippen LogP contribution in [-0.4, -0.2) is 31.0 Å². The number of rotatable bonds is 4. The predicted octanol–water partition coefficient (Wildman–Crippen LogP) is 0.533. The first-order valence-corrected chi connectivity index (χ1v) is 5.17. The zero-order valence-corrected chi connectivity index (χ0v) is 11.1. The molecule has 0 spiro atoms. The van der Waals surface area contributed by atoms with Crippen LogP contribution in [0.5, 0.6) is 0 Å². The molecule has 0 fully saturated rings. The van der Waals surface area contributed by atoms with Crippen LogP contribution in [-0.2, 0) is 11.3 Å². The molecule has 0 saturated heterocycles. The molecule has 0 aromatic carbocycles. The molecule has 1 aromatic heterocycles. The monoisotopic (exact) mass is 258 g/mol. The number of halogens is 1. The van der Waals surface area contributed by atoms with Crippen molar-refractivity contribution in [1.82, 2.24) is 10.3 Å². The molecule has 96 valence electrons. The van der Waals surface area contributed by atoms with Gasteiger partial charge in [-0.3, -0.25) is 4.79 Å². The molecule has 6 heteroatoms. The minimum absolute atomic E-state index is 0. The van der Waals surface area contributed by atoms with Crippen LogP contribution in [0.2, 0.25) is 0 Å². The summed E-state index contributed by atoms with van der Waals surface area (Å²) in [5.74, 6) is 0.695. The molecule has 1 atom stereocenters. The summed E-state index contributed by atoms with van der Waals surface area (Å²) >= 11 is 0. The molecule has 1 amide bonds. The fourth-order valence-corrected chi connectivity index (χ4v) is 1.31. The van der Waals surface area contributed by atoms with Crippen LogP contribution in [0.1, 0.15) is 12.5 Å². The largest absolute Gasteiger partial charge is 0.362 e. The van der Waals surface area contributed by atoms with E-state index in [9.17, 15) is 4.79 Å². The molecule has 0 aliphatic heterocycles.